The second-order valence-electron chi connectivity index (χ2n) is 7.22. The van der Waals surface area contributed by atoms with E-state index < -0.39 is 0 Å². The molecule has 2 N–H and O–H groups in total. The van der Waals surface area contributed by atoms with E-state index in [1.54, 1.807) is 12.1 Å². The number of nitrogens with one attached hydrogen (secondary N) is 2. The number of methoxy groups -OCH3 is 1. The van der Waals surface area contributed by atoms with Crippen molar-refractivity contribution in [2.24, 2.45) is 0 Å². The van der Waals surface area contributed by atoms with Gasteiger partial charge in [0.25, 0.3) is 5.91 Å². The number of hydrogen-bond donors (Lipinski definition) is 2. The number of ether oxygens (including phenoxy) is 1. The second kappa shape index (κ2) is 8.45. The third kappa shape index (κ3) is 4.30. The van der Waals surface area contributed by atoms with Crippen LogP contribution in [0.4, 0.5) is 4.39 Å². The molecule has 1 aliphatic rings. The van der Waals surface area contributed by atoms with Crippen LogP contribution in [0.5, 0.6) is 5.75 Å². The minimum atomic E-state index is -0.341. The number of carbonyl (C=O) groups excluding carboxylic acids is 1. The van der Waals surface area contributed by atoms with Crippen LogP contribution in [0.15, 0.2) is 54.6 Å². The summed E-state index contributed by atoms with van der Waals surface area (Å²) < 4.78 is 18.9. The van der Waals surface area contributed by atoms with Crippen LogP contribution in [0.1, 0.15) is 16.1 Å². The molecule has 0 bridgehead atoms. The van der Waals surface area contributed by atoms with Crippen LogP contribution in [-0.2, 0) is 6.54 Å². The zero-order valence-electron chi connectivity index (χ0n) is 16.3. The SMILES string of the molecule is COc1ccc(C[NH+]2CCN(C(=O)c3cc(-c4ccccc4)n[nH]3)CC2)cc1F. The van der Waals surface area contributed by atoms with Crippen molar-refractivity contribution in [1.82, 2.24) is 15.1 Å². The highest BCUT2D eigenvalue weighted by Crippen LogP contribution is 2.18. The highest BCUT2D eigenvalue weighted by molar-refractivity contribution is 5.93. The summed E-state index contributed by atoms with van der Waals surface area (Å²) in [6.07, 6.45) is 0. The van der Waals surface area contributed by atoms with E-state index in [9.17, 15) is 9.18 Å². The maximum atomic E-state index is 13.9. The average molecular weight is 395 g/mol. The molecule has 3 aromatic rings. The first-order valence-corrected chi connectivity index (χ1v) is 9.70. The second-order valence-corrected chi connectivity index (χ2v) is 7.22. The van der Waals surface area contributed by atoms with Gasteiger partial charge in [-0.05, 0) is 24.3 Å². The molecular weight excluding hydrogens is 371 g/mol. The molecule has 1 fully saturated rings. The standard InChI is InChI=1S/C22H23FN4O2/c1-29-21-8-7-16(13-18(21)23)15-26-9-11-27(12-10-26)22(28)20-14-19(24-25-20)17-5-3-2-4-6-17/h2-8,13-14H,9-12,15H2,1H3,(H,24,25)/p+1. The molecule has 150 valence electrons. The molecule has 0 unspecified atom stereocenters. The predicted octanol–water partition coefficient (Wildman–Crippen LogP) is 1.77. The minimum absolute atomic E-state index is 0.0331. The van der Waals surface area contributed by atoms with E-state index in [2.05, 4.69) is 10.2 Å². The van der Waals surface area contributed by atoms with Crippen LogP contribution in [0.3, 0.4) is 0 Å². The van der Waals surface area contributed by atoms with Crippen molar-refractivity contribution in [3.8, 4) is 17.0 Å². The van der Waals surface area contributed by atoms with Crippen molar-refractivity contribution >= 4 is 5.91 Å². The first-order chi connectivity index (χ1) is 14.1. The van der Waals surface area contributed by atoms with Crippen molar-refractivity contribution in [2.45, 2.75) is 6.54 Å². The number of piperazine rings is 1. The van der Waals surface area contributed by atoms with Crippen LogP contribution in [0.2, 0.25) is 0 Å². The maximum Gasteiger partial charge on any atom is 0.272 e. The van der Waals surface area contributed by atoms with Gasteiger partial charge < -0.3 is 14.5 Å². The zero-order chi connectivity index (χ0) is 20.2. The largest absolute Gasteiger partial charge is 0.494 e. The number of amides is 1. The fourth-order valence-corrected chi connectivity index (χ4v) is 3.67. The van der Waals surface area contributed by atoms with Gasteiger partial charge in [-0.3, -0.25) is 9.89 Å². The van der Waals surface area contributed by atoms with Gasteiger partial charge in [0.15, 0.2) is 11.6 Å². The van der Waals surface area contributed by atoms with Crippen molar-refractivity contribution in [3.05, 3.63) is 71.7 Å². The lowest BCUT2D eigenvalue weighted by Gasteiger charge is -2.32. The van der Waals surface area contributed by atoms with Gasteiger partial charge in [0.1, 0.15) is 12.2 Å². The number of carbonyl (C=O) groups is 1. The third-order valence-corrected chi connectivity index (χ3v) is 5.31. The number of benzene rings is 2. The van der Waals surface area contributed by atoms with Gasteiger partial charge in [0.2, 0.25) is 0 Å². The van der Waals surface area contributed by atoms with Gasteiger partial charge in [-0.25, -0.2) is 4.39 Å². The summed E-state index contributed by atoms with van der Waals surface area (Å²) in [7, 11) is 1.46. The van der Waals surface area contributed by atoms with E-state index >= 15 is 0 Å². The van der Waals surface area contributed by atoms with Crippen molar-refractivity contribution in [1.29, 1.82) is 0 Å². The zero-order valence-corrected chi connectivity index (χ0v) is 16.3. The molecule has 0 aliphatic carbocycles. The van der Waals surface area contributed by atoms with Crippen LogP contribution < -0.4 is 9.64 Å². The molecule has 1 saturated heterocycles. The topological polar surface area (TPSA) is 62.7 Å². The molecule has 7 heteroatoms. The number of nitrogens with zero attached hydrogens (tertiary/aromatic N) is 2. The van der Waals surface area contributed by atoms with E-state index in [0.717, 1.165) is 36.5 Å². The van der Waals surface area contributed by atoms with E-state index in [4.69, 9.17) is 4.74 Å². The molecule has 0 saturated carbocycles. The fourth-order valence-electron chi connectivity index (χ4n) is 3.67. The van der Waals surface area contributed by atoms with Crippen molar-refractivity contribution < 1.29 is 18.8 Å². The Bertz CT molecular complexity index is 981. The summed E-state index contributed by atoms with van der Waals surface area (Å²) in [5.74, 6) is -0.116. The van der Waals surface area contributed by atoms with Gasteiger partial charge in [-0.1, -0.05) is 30.3 Å². The summed E-state index contributed by atoms with van der Waals surface area (Å²) in [4.78, 5) is 16.0. The molecule has 1 amide bonds. The molecule has 2 heterocycles. The molecule has 0 spiro atoms. The van der Waals surface area contributed by atoms with Crippen LogP contribution in [0.25, 0.3) is 11.3 Å². The lowest BCUT2D eigenvalue weighted by Crippen LogP contribution is -3.13. The molecule has 2 aromatic carbocycles. The van der Waals surface area contributed by atoms with E-state index in [1.807, 2.05) is 41.3 Å². The number of rotatable bonds is 5. The maximum absolute atomic E-state index is 13.9. The Morgan fingerprint density at radius 2 is 1.93 bits per heavy atom. The van der Waals surface area contributed by atoms with Gasteiger partial charge in [-0.15, -0.1) is 0 Å². The molecule has 29 heavy (non-hydrogen) atoms. The smallest absolute Gasteiger partial charge is 0.272 e. The predicted molar refractivity (Wildman–Crippen MR) is 107 cm³/mol. The van der Waals surface area contributed by atoms with Crippen LogP contribution >= 0.6 is 0 Å². The number of H-pyrrole nitrogens is 1. The summed E-state index contributed by atoms with van der Waals surface area (Å²) in [6, 6.07) is 16.7. The Kier molecular flexibility index (Phi) is 5.57. The lowest BCUT2D eigenvalue weighted by atomic mass is 10.1. The Morgan fingerprint density at radius 3 is 2.62 bits per heavy atom. The summed E-state index contributed by atoms with van der Waals surface area (Å²) in [5.41, 5.74) is 3.17. The normalized spacial score (nSPS) is 14.8. The Labute approximate surface area is 168 Å². The summed E-state index contributed by atoms with van der Waals surface area (Å²) >= 11 is 0. The third-order valence-electron chi connectivity index (χ3n) is 5.31. The quantitative estimate of drug-likeness (QED) is 0.692. The number of hydrogen-bond acceptors (Lipinski definition) is 3. The average Bonchev–Trinajstić information content (AvgIpc) is 3.25. The molecule has 0 atom stereocenters. The summed E-state index contributed by atoms with van der Waals surface area (Å²) in [5, 5.41) is 7.14. The van der Waals surface area contributed by atoms with Gasteiger partial charge in [-0.2, -0.15) is 5.10 Å². The van der Waals surface area contributed by atoms with Crippen molar-refractivity contribution in [2.75, 3.05) is 33.3 Å². The molecular formula is C22H24FN4O2+. The van der Waals surface area contributed by atoms with Gasteiger partial charge >= 0.3 is 0 Å². The highest BCUT2D eigenvalue weighted by atomic mass is 19.1. The fraction of sp³-hybridized carbons (Fsp3) is 0.273. The van der Waals surface area contributed by atoms with Crippen LogP contribution in [0, 0.1) is 5.82 Å². The monoisotopic (exact) mass is 395 g/mol. The first-order valence-electron chi connectivity index (χ1n) is 9.70. The number of halogens is 1. The molecule has 0 radical (unpaired) electrons. The highest BCUT2D eigenvalue weighted by Gasteiger charge is 2.26. The van der Waals surface area contributed by atoms with Gasteiger partial charge in [0.05, 0.1) is 39.0 Å². The molecule has 1 aliphatic heterocycles. The molecule has 4 rings (SSSR count). The molecule has 1 aromatic heterocycles. The Morgan fingerprint density at radius 1 is 1.17 bits per heavy atom. The Hall–Kier alpha value is -3.19. The van der Waals surface area contributed by atoms with Gasteiger partial charge in [0, 0.05) is 11.1 Å². The lowest BCUT2D eigenvalue weighted by molar-refractivity contribution is -0.917. The summed E-state index contributed by atoms with van der Waals surface area (Å²) in [6.45, 7) is 3.68. The van der Waals surface area contributed by atoms with Crippen LogP contribution in [-0.4, -0.2) is 54.3 Å². The number of aromatic amines is 1. The first kappa shape index (κ1) is 19.1. The molecule has 6 nitrogen and oxygen atoms in total. The number of quaternary nitrogens is 1. The van der Waals surface area contributed by atoms with E-state index in [1.165, 1.54) is 18.1 Å². The van der Waals surface area contributed by atoms with E-state index in [0.29, 0.717) is 18.8 Å². The van der Waals surface area contributed by atoms with Crippen molar-refractivity contribution in [3.63, 3.8) is 0 Å². The Balaban J connectivity index is 1.34. The number of aromatic nitrogens is 2. The van der Waals surface area contributed by atoms with E-state index in [-0.39, 0.29) is 17.5 Å². The minimum Gasteiger partial charge on any atom is -0.494 e.